The van der Waals surface area contributed by atoms with Crippen LogP contribution in [-0.2, 0) is 17.8 Å². The summed E-state index contributed by atoms with van der Waals surface area (Å²) < 4.78 is 6.04. The van der Waals surface area contributed by atoms with Gasteiger partial charge in [0.15, 0.2) is 0 Å². The minimum Gasteiger partial charge on any atom is -0.465 e. The summed E-state index contributed by atoms with van der Waals surface area (Å²) in [6.07, 6.45) is 6.38. The van der Waals surface area contributed by atoms with E-state index in [4.69, 9.17) is 4.42 Å². The van der Waals surface area contributed by atoms with Crippen LogP contribution < -0.4 is 0 Å². The molecule has 3 rings (SSSR count). The molecule has 2 fully saturated rings. The lowest BCUT2D eigenvalue weighted by Gasteiger charge is -2.38. The number of rotatable bonds is 9. The maximum atomic E-state index is 13.4. The van der Waals surface area contributed by atoms with Crippen LogP contribution >= 0.6 is 0 Å². The van der Waals surface area contributed by atoms with Crippen LogP contribution in [0, 0.1) is 5.41 Å². The zero-order valence-corrected chi connectivity index (χ0v) is 17.8. The Balaban J connectivity index is 1.72. The Morgan fingerprint density at radius 3 is 2.59 bits per heavy atom. The zero-order chi connectivity index (χ0) is 19.6. The molecule has 3 atom stereocenters. The fourth-order valence-corrected chi connectivity index (χ4v) is 5.21. The largest absolute Gasteiger partial charge is 0.465 e. The van der Waals surface area contributed by atoms with Crippen LogP contribution in [-0.4, -0.2) is 66.9 Å². The van der Waals surface area contributed by atoms with Gasteiger partial charge in [-0.1, -0.05) is 13.8 Å². The first kappa shape index (κ1) is 20.4. The Kier molecular flexibility index (Phi) is 6.32. The number of hydrogen-bond acceptors (Lipinski definition) is 4. The molecule has 0 unspecified atom stereocenters. The number of aryl methyl sites for hydroxylation is 1. The molecule has 1 aromatic heterocycles. The second kappa shape index (κ2) is 8.36. The fraction of sp³-hybridized carbons (Fsp3) is 0.773. The van der Waals surface area contributed by atoms with Gasteiger partial charge in [-0.05, 0) is 58.3 Å². The van der Waals surface area contributed by atoms with Crippen LogP contribution in [0.4, 0.5) is 0 Å². The summed E-state index contributed by atoms with van der Waals surface area (Å²) in [7, 11) is 6.09. The van der Waals surface area contributed by atoms with E-state index in [9.17, 15) is 4.79 Å². The summed E-state index contributed by atoms with van der Waals surface area (Å²) in [4.78, 5) is 20.1. The van der Waals surface area contributed by atoms with E-state index in [1.807, 2.05) is 11.9 Å². The number of likely N-dealkylation sites (N-methyl/N-ethyl adjacent to an activating group) is 2. The molecule has 152 valence electrons. The molecule has 1 amide bonds. The Morgan fingerprint density at radius 1 is 1.19 bits per heavy atom. The third kappa shape index (κ3) is 3.95. The SMILES string of the molecule is CCCc1ccc(CN2[C@H]3CC[C@@H]2[C@](CC)(C(=O)N(C)CCN(C)C)C3)o1. The van der Waals surface area contributed by atoms with Crippen molar-refractivity contribution in [3.05, 3.63) is 23.7 Å². The molecule has 2 aliphatic heterocycles. The van der Waals surface area contributed by atoms with Crippen LogP contribution in [0.5, 0.6) is 0 Å². The number of amides is 1. The summed E-state index contributed by atoms with van der Waals surface area (Å²) in [5, 5.41) is 0. The molecular formula is C22H37N3O2. The number of carbonyl (C=O) groups is 1. The van der Waals surface area contributed by atoms with Crippen molar-refractivity contribution in [1.29, 1.82) is 0 Å². The van der Waals surface area contributed by atoms with Gasteiger partial charge in [-0.2, -0.15) is 0 Å². The average Bonchev–Trinajstić information content (AvgIpc) is 3.34. The smallest absolute Gasteiger partial charge is 0.230 e. The Labute approximate surface area is 164 Å². The van der Waals surface area contributed by atoms with Crippen molar-refractivity contribution in [1.82, 2.24) is 14.7 Å². The molecule has 27 heavy (non-hydrogen) atoms. The Morgan fingerprint density at radius 2 is 1.93 bits per heavy atom. The first-order chi connectivity index (χ1) is 12.9. The van der Waals surface area contributed by atoms with E-state index in [0.717, 1.165) is 63.3 Å². The fourth-order valence-electron chi connectivity index (χ4n) is 5.21. The van der Waals surface area contributed by atoms with Crippen LogP contribution in [0.15, 0.2) is 16.5 Å². The second-order valence-electron chi connectivity index (χ2n) is 8.78. The summed E-state index contributed by atoms with van der Waals surface area (Å²) in [5.41, 5.74) is -0.219. The molecule has 3 heterocycles. The molecule has 0 N–H and O–H groups in total. The van der Waals surface area contributed by atoms with Crippen molar-refractivity contribution in [2.45, 2.75) is 71.0 Å². The van der Waals surface area contributed by atoms with E-state index < -0.39 is 0 Å². The monoisotopic (exact) mass is 375 g/mol. The van der Waals surface area contributed by atoms with Gasteiger partial charge in [0, 0.05) is 38.6 Å². The highest BCUT2D eigenvalue weighted by Crippen LogP contribution is 2.53. The van der Waals surface area contributed by atoms with Crippen molar-refractivity contribution < 1.29 is 9.21 Å². The average molecular weight is 376 g/mol. The Bertz CT molecular complexity index is 641. The summed E-state index contributed by atoms with van der Waals surface area (Å²) in [5.74, 6) is 2.48. The molecule has 0 saturated carbocycles. The molecule has 0 spiro atoms. The molecular weight excluding hydrogens is 338 g/mol. The molecule has 5 heteroatoms. The molecule has 0 aromatic carbocycles. The molecule has 0 aliphatic carbocycles. The van der Waals surface area contributed by atoms with Crippen LogP contribution in [0.1, 0.15) is 57.5 Å². The quantitative estimate of drug-likeness (QED) is 0.663. The van der Waals surface area contributed by atoms with Gasteiger partial charge in [-0.25, -0.2) is 0 Å². The van der Waals surface area contributed by atoms with E-state index in [-0.39, 0.29) is 5.41 Å². The topological polar surface area (TPSA) is 39.9 Å². The predicted octanol–water partition coefficient (Wildman–Crippen LogP) is 3.39. The highest BCUT2D eigenvalue weighted by molar-refractivity contribution is 5.84. The number of hydrogen-bond donors (Lipinski definition) is 0. The number of nitrogens with zero attached hydrogens (tertiary/aromatic N) is 3. The van der Waals surface area contributed by atoms with Crippen molar-refractivity contribution in [3.63, 3.8) is 0 Å². The Hall–Kier alpha value is -1.33. The lowest BCUT2D eigenvalue weighted by atomic mass is 9.71. The summed E-state index contributed by atoms with van der Waals surface area (Å²) in [6.45, 7) is 6.92. The number of carbonyl (C=O) groups excluding carboxylic acids is 1. The molecule has 0 radical (unpaired) electrons. The first-order valence-corrected chi connectivity index (χ1v) is 10.6. The highest BCUT2D eigenvalue weighted by atomic mass is 16.3. The van der Waals surface area contributed by atoms with Crippen LogP contribution in [0.3, 0.4) is 0 Å². The molecule has 2 aliphatic rings. The maximum Gasteiger partial charge on any atom is 0.230 e. The number of furan rings is 1. The molecule has 5 nitrogen and oxygen atoms in total. The summed E-state index contributed by atoms with van der Waals surface area (Å²) in [6, 6.07) is 5.10. The van der Waals surface area contributed by atoms with E-state index in [0.29, 0.717) is 18.0 Å². The van der Waals surface area contributed by atoms with Gasteiger partial charge in [0.2, 0.25) is 5.91 Å². The van der Waals surface area contributed by atoms with Crippen molar-refractivity contribution >= 4 is 5.91 Å². The minimum absolute atomic E-state index is 0.219. The van der Waals surface area contributed by atoms with Gasteiger partial charge in [-0.15, -0.1) is 0 Å². The maximum absolute atomic E-state index is 13.4. The third-order valence-corrected chi connectivity index (χ3v) is 6.72. The van der Waals surface area contributed by atoms with Gasteiger partial charge in [0.05, 0.1) is 12.0 Å². The lowest BCUT2D eigenvalue weighted by molar-refractivity contribution is -0.143. The van der Waals surface area contributed by atoms with Crippen molar-refractivity contribution in [2.75, 3.05) is 34.2 Å². The van der Waals surface area contributed by atoms with Gasteiger partial charge in [0.25, 0.3) is 0 Å². The first-order valence-electron chi connectivity index (χ1n) is 10.6. The minimum atomic E-state index is -0.219. The van der Waals surface area contributed by atoms with Crippen molar-refractivity contribution in [2.24, 2.45) is 5.41 Å². The van der Waals surface area contributed by atoms with Gasteiger partial charge < -0.3 is 14.2 Å². The van der Waals surface area contributed by atoms with Gasteiger partial charge >= 0.3 is 0 Å². The third-order valence-electron chi connectivity index (χ3n) is 6.72. The van der Waals surface area contributed by atoms with E-state index in [1.165, 1.54) is 6.42 Å². The summed E-state index contributed by atoms with van der Waals surface area (Å²) >= 11 is 0. The molecule has 1 aromatic rings. The molecule has 2 bridgehead atoms. The lowest BCUT2D eigenvalue weighted by Crippen LogP contribution is -2.50. The van der Waals surface area contributed by atoms with Crippen LogP contribution in [0.25, 0.3) is 0 Å². The predicted molar refractivity (Wildman–Crippen MR) is 109 cm³/mol. The van der Waals surface area contributed by atoms with Crippen molar-refractivity contribution in [3.8, 4) is 0 Å². The van der Waals surface area contributed by atoms with E-state index in [2.05, 4.69) is 49.9 Å². The number of fused-ring (bicyclic) bond motifs is 2. The van der Waals surface area contributed by atoms with E-state index >= 15 is 0 Å². The molecule has 2 saturated heterocycles. The van der Waals surface area contributed by atoms with Crippen LogP contribution in [0.2, 0.25) is 0 Å². The van der Waals surface area contributed by atoms with Gasteiger partial charge in [0.1, 0.15) is 11.5 Å². The standard InChI is InChI=1S/C22H37N3O2/c1-6-8-18-10-11-19(27-18)16-25-17-9-12-20(25)22(7-2,15-17)21(26)24(5)14-13-23(3)4/h10-11,17,20H,6-9,12-16H2,1-5H3/t17-,20+,22+/m0/s1. The highest BCUT2D eigenvalue weighted by Gasteiger charge is 2.59. The zero-order valence-electron chi connectivity index (χ0n) is 17.8. The van der Waals surface area contributed by atoms with E-state index in [1.54, 1.807) is 0 Å². The van der Waals surface area contributed by atoms with Gasteiger partial charge in [-0.3, -0.25) is 9.69 Å². The normalized spacial score (nSPS) is 27.6. The second-order valence-corrected chi connectivity index (χ2v) is 8.78.